The second kappa shape index (κ2) is 11.8. The summed E-state index contributed by atoms with van der Waals surface area (Å²) in [6, 6.07) is 10.0. The van der Waals surface area contributed by atoms with E-state index in [0.717, 1.165) is 0 Å². The van der Waals surface area contributed by atoms with Gasteiger partial charge < -0.3 is 9.47 Å². The number of hydrogen-bond acceptors (Lipinski definition) is 3. The molecule has 0 aromatic heterocycles. The van der Waals surface area contributed by atoms with Gasteiger partial charge in [0.05, 0.1) is 6.26 Å². The molecule has 0 atom stereocenters. The molecule has 0 amide bonds. The van der Waals surface area contributed by atoms with Gasteiger partial charge in [0.2, 0.25) is 0 Å². The zero-order chi connectivity index (χ0) is 15.2. The van der Waals surface area contributed by atoms with Crippen LogP contribution in [-0.2, 0) is 14.3 Å². The van der Waals surface area contributed by atoms with E-state index < -0.39 is 0 Å². The Morgan fingerprint density at radius 1 is 1.25 bits per heavy atom. The van der Waals surface area contributed by atoms with Gasteiger partial charge in [0.1, 0.15) is 13.2 Å². The summed E-state index contributed by atoms with van der Waals surface area (Å²) in [4.78, 5) is 10.8. The van der Waals surface area contributed by atoms with Crippen molar-refractivity contribution in [3.8, 4) is 0 Å². The SMILES string of the molecule is C=C(C)C(=O)OCCOC=CC.C=Cc1ccccc1. The maximum absolute atomic E-state index is 10.8. The van der Waals surface area contributed by atoms with Gasteiger partial charge in [0, 0.05) is 5.57 Å². The first-order valence-electron chi connectivity index (χ1n) is 6.34. The maximum atomic E-state index is 10.8. The molecule has 20 heavy (non-hydrogen) atoms. The summed E-state index contributed by atoms with van der Waals surface area (Å²) in [5, 5.41) is 0. The highest BCUT2D eigenvalue weighted by Gasteiger charge is 2.00. The molecule has 3 heteroatoms. The van der Waals surface area contributed by atoms with Crippen molar-refractivity contribution in [1.29, 1.82) is 0 Å². The van der Waals surface area contributed by atoms with Crippen molar-refractivity contribution < 1.29 is 14.3 Å². The molecule has 0 aliphatic heterocycles. The van der Waals surface area contributed by atoms with E-state index in [4.69, 9.17) is 9.47 Å². The molecule has 0 radical (unpaired) electrons. The minimum Gasteiger partial charge on any atom is -0.498 e. The van der Waals surface area contributed by atoms with Crippen LogP contribution in [0.1, 0.15) is 19.4 Å². The molecule has 0 unspecified atom stereocenters. The quantitative estimate of drug-likeness (QED) is 0.340. The first-order valence-corrected chi connectivity index (χ1v) is 6.34. The van der Waals surface area contributed by atoms with Gasteiger partial charge in [-0.05, 0) is 19.4 Å². The lowest BCUT2D eigenvalue weighted by Crippen LogP contribution is -2.09. The van der Waals surface area contributed by atoms with Crippen molar-refractivity contribution in [1.82, 2.24) is 0 Å². The minimum atomic E-state index is -0.376. The van der Waals surface area contributed by atoms with E-state index >= 15 is 0 Å². The number of carbonyl (C=O) groups is 1. The van der Waals surface area contributed by atoms with Crippen molar-refractivity contribution >= 4 is 12.0 Å². The molecule has 3 nitrogen and oxygen atoms in total. The predicted octanol–water partition coefficient (Wildman–Crippen LogP) is 3.99. The zero-order valence-electron chi connectivity index (χ0n) is 12.2. The summed E-state index contributed by atoms with van der Waals surface area (Å²) in [6.07, 6.45) is 5.15. The smallest absolute Gasteiger partial charge is 0.333 e. The van der Waals surface area contributed by atoms with Gasteiger partial charge >= 0.3 is 5.97 Å². The van der Waals surface area contributed by atoms with Gasteiger partial charge in [-0.2, -0.15) is 0 Å². The van der Waals surface area contributed by atoms with Crippen molar-refractivity contribution in [2.45, 2.75) is 13.8 Å². The third kappa shape index (κ3) is 9.71. The fourth-order valence-electron chi connectivity index (χ4n) is 1.06. The molecule has 1 aromatic carbocycles. The number of allylic oxidation sites excluding steroid dienone is 1. The Morgan fingerprint density at radius 2 is 1.90 bits per heavy atom. The average molecular weight is 274 g/mol. The molecule has 1 aromatic rings. The van der Waals surface area contributed by atoms with E-state index in [1.807, 2.05) is 43.3 Å². The monoisotopic (exact) mass is 274 g/mol. The van der Waals surface area contributed by atoms with Gasteiger partial charge in [-0.1, -0.05) is 55.6 Å². The van der Waals surface area contributed by atoms with Crippen LogP contribution in [0, 0.1) is 0 Å². The van der Waals surface area contributed by atoms with Crippen LogP contribution in [0.4, 0.5) is 0 Å². The maximum Gasteiger partial charge on any atom is 0.333 e. The summed E-state index contributed by atoms with van der Waals surface area (Å²) in [5.74, 6) is -0.376. The number of carbonyl (C=O) groups excluding carboxylic acids is 1. The molecule has 0 fully saturated rings. The van der Waals surface area contributed by atoms with Crippen LogP contribution in [-0.4, -0.2) is 19.2 Å². The van der Waals surface area contributed by atoms with Crippen molar-refractivity contribution in [2.75, 3.05) is 13.2 Å². The standard InChI is InChI=1S/C9H14O3.C8H8/c1-4-5-11-6-7-12-9(10)8(2)3;1-2-8-6-4-3-5-7-8/h4-5H,2,6-7H2,1,3H3;2-7H,1H2. The molecule has 108 valence electrons. The van der Waals surface area contributed by atoms with Gasteiger partial charge in [0.25, 0.3) is 0 Å². The van der Waals surface area contributed by atoms with E-state index in [0.29, 0.717) is 12.2 Å². The topological polar surface area (TPSA) is 35.5 Å². The number of ether oxygens (including phenoxy) is 2. The largest absolute Gasteiger partial charge is 0.498 e. The lowest BCUT2D eigenvalue weighted by atomic mass is 10.2. The molecule has 0 saturated carbocycles. The summed E-state index contributed by atoms with van der Waals surface area (Å²) in [5.41, 5.74) is 1.58. The molecule has 0 bridgehead atoms. The van der Waals surface area contributed by atoms with Crippen LogP contribution in [0.5, 0.6) is 0 Å². The lowest BCUT2D eigenvalue weighted by molar-refractivity contribution is -0.139. The molecule has 0 spiro atoms. The second-order valence-corrected chi connectivity index (χ2v) is 3.87. The number of hydrogen-bond donors (Lipinski definition) is 0. The van der Waals surface area contributed by atoms with Crippen LogP contribution < -0.4 is 0 Å². The van der Waals surface area contributed by atoms with E-state index in [9.17, 15) is 4.79 Å². The van der Waals surface area contributed by atoms with Gasteiger partial charge in [-0.3, -0.25) is 0 Å². The predicted molar refractivity (Wildman–Crippen MR) is 83.1 cm³/mol. The third-order valence-electron chi connectivity index (χ3n) is 2.05. The molecular formula is C17H22O3. The highest BCUT2D eigenvalue weighted by atomic mass is 16.6. The van der Waals surface area contributed by atoms with Crippen LogP contribution in [0.25, 0.3) is 6.08 Å². The van der Waals surface area contributed by atoms with E-state index in [1.54, 1.807) is 19.3 Å². The molecular weight excluding hydrogens is 252 g/mol. The molecule has 1 rings (SSSR count). The highest BCUT2D eigenvalue weighted by Crippen LogP contribution is 1.97. The van der Waals surface area contributed by atoms with Crippen LogP contribution in [0.15, 0.2) is 61.4 Å². The zero-order valence-corrected chi connectivity index (χ0v) is 12.2. The number of esters is 1. The first kappa shape index (κ1) is 17.7. The summed E-state index contributed by atoms with van der Waals surface area (Å²) >= 11 is 0. The number of benzene rings is 1. The Kier molecular flexibility index (Phi) is 10.4. The van der Waals surface area contributed by atoms with Crippen LogP contribution in [0.3, 0.4) is 0 Å². The molecule has 0 N–H and O–H groups in total. The fourth-order valence-corrected chi connectivity index (χ4v) is 1.06. The van der Waals surface area contributed by atoms with Gasteiger partial charge in [-0.25, -0.2) is 4.79 Å². The van der Waals surface area contributed by atoms with E-state index in [2.05, 4.69) is 13.2 Å². The molecule has 0 heterocycles. The minimum absolute atomic E-state index is 0.260. The summed E-state index contributed by atoms with van der Waals surface area (Å²) in [6.45, 7) is 11.2. The van der Waals surface area contributed by atoms with E-state index in [1.165, 1.54) is 5.56 Å². The third-order valence-corrected chi connectivity index (χ3v) is 2.05. The normalized spacial score (nSPS) is 9.30. The Bertz CT molecular complexity index is 433. The van der Waals surface area contributed by atoms with Crippen molar-refractivity contribution in [3.63, 3.8) is 0 Å². The average Bonchev–Trinajstić information content (AvgIpc) is 2.48. The molecule has 0 saturated heterocycles. The summed E-state index contributed by atoms with van der Waals surface area (Å²) < 4.78 is 9.68. The van der Waals surface area contributed by atoms with Crippen molar-refractivity contribution in [2.24, 2.45) is 0 Å². The number of rotatable bonds is 6. The molecule has 0 aliphatic rings. The Morgan fingerprint density at radius 3 is 2.35 bits per heavy atom. The summed E-state index contributed by atoms with van der Waals surface area (Å²) in [7, 11) is 0. The van der Waals surface area contributed by atoms with Crippen LogP contribution >= 0.6 is 0 Å². The van der Waals surface area contributed by atoms with Gasteiger partial charge in [0.15, 0.2) is 0 Å². The first-order chi connectivity index (χ1) is 9.61. The second-order valence-electron chi connectivity index (χ2n) is 3.87. The Hall–Kier alpha value is -2.29. The Labute approximate surface area is 121 Å². The fraction of sp³-hybridized carbons (Fsp3) is 0.235. The lowest BCUT2D eigenvalue weighted by Gasteiger charge is -2.03. The van der Waals surface area contributed by atoms with Crippen LogP contribution in [0.2, 0.25) is 0 Å². The highest BCUT2D eigenvalue weighted by molar-refractivity contribution is 5.86. The Balaban J connectivity index is 0.000000388. The van der Waals surface area contributed by atoms with E-state index in [-0.39, 0.29) is 12.6 Å². The van der Waals surface area contributed by atoms with Crippen molar-refractivity contribution in [3.05, 3.63) is 67.0 Å². The molecule has 0 aliphatic carbocycles. The van der Waals surface area contributed by atoms with Gasteiger partial charge in [-0.15, -0.1) is 0 Å².